The largest absolute Gasteiger partial charge is 0.321 e. The van der Waals surface area contributed by atoms with Gasteiger partial charge in [-0.2, -0.15) is 15.3 Å². The van der Waals surface area contributed by atoms with Crippen LogP contribution in [0, 0.1) is 0 Å². The van der Waals surface area contributed by atoms with Crippen molar-refractivity contribution in [3.8, 4) is 0 Å². The predicted molar refractivity (Wildman–Crippen MR) is 94.5 cm³/mol. The molecule has 0 aliphatic heterocycles. The Kier molecular flexibility index (Phi) is 4.75. The van der Waals surface area contributed by atoms with Crippen LogP contribution < -0.4 is 10.9 Å². The Morgan fingerprint density at radius 1 is 0.920 bits per heavy atom. The summed E-state index contributed by atoms with van der Waals surface area (Å²) in [5, 5.41) is 14.9. The van der Waals surface area contributed by atoms with E-state index in [4.69, 9.17) is 0 Å². The second kappa shape index (κ2) is 7.31. The molecule has 1 amide bonds. The van der Waals surface area contributed by atoms with Crippen LogP contribution in [-0.2, 0) is 7.05 Å². The number of nitrogens with one attached hydrogen (secondary N) is 1. The molecule has 0 spiro atoms. The third-order valence-corrected chi connectivity index (χ3v) is 3.36. The fraction of sp³-hybridized carbons (Fsp3) is 0.0556. The molecule has 2 aromatic carbocycles. The molecule has 0 saturated carbocycles. The Morgan fingerprint density at radius 2 is 1.56 bits per heavy atom. The lowest BCUT2D eigenvalue weighted by atomic mass is 10.2. The minimum atomic E-state index is -0.394. The molecule has 1 N–H and O–H groups in total. The van der Waals surface area contributed by atoms with Crippen molar-refractivity contribution in [2.75, 3.05) is 5.32 Å². The van der Waals surface area contributed by atoms with Crippen molar-refractivity contribution in [2.45, 2.75) is 0 Å². The summed E-state index contributed by atoms with van der Waals surface area (Å²) in [4.78, 5) is 23.4. The van der Waals surface area contributed by atoms with Crippen LogP contribution in [0.5, 0.6) is 0 Å². The van der Waals surface area contributed by atoms with Gasteiger partial charge in [-0.05, 0) is 42.5 Å². The number of hydrogen-bond donors (Lipinski definition) is 1. The zero-order valence-electron chi connectivity index (χ0n) is 13.5. The lowest BCUT2D eigenvalue weighted by molar-refractivity contribution is 0.102. The Morgan fingerprint density at radius 3 is 2.20 bits per heavy atom. The normalized spacial score (nSPS) is 10.8. The van der Waals surface area contributed by atoms with Crippen LogP contribution >= 0.6 is 0 Å². The van der Waals surface area contributed by atoms with E-state index in [1.54, 1.807) is 24.3 Å². The van der Waals surface area contributed by atoms with Gasteiger partial charge in [0.25, 0.3) is 11.5 Å². The van der Waals surface area contributed by atoms with Gasteiger partial charge in [-0.15, -0.1) is 0 Å². The molecule has 0 aliphatic carbocycles. The van der Waals surface area contributed by atoms with Crippen molar-refractivity contribution in [1.82, 2.24) is 9.78 Å². The molecule has 124 valence electrons. The summed E-state index contributed by atoms with van der Waals surface area (Å²) in [6.07, 6.45) is 0. The van der Waals surface area contributed by atoms with E-state index in [1.807, 2.05) is 30.3 Å². The third-order valence-electron chi connectivity index (χ3n) is 3.36. The lowest BCUT2D eigenvalue weighted by Crippen LogP contribution is -2.23. The second-order valence-electron chi connectivity index (χ2n) is 5.22. The topological polar surface area (TPSA) is 88.7 Å². The highest BCUT2D eigenvalue weighted by molar-refractivity contribution is 6.02. The van der Waals surface area contributed by atoms with Crippen molar-refractivity contribution < 1.29 is 4.79 Å². The van der Waals surface area contributed by atoms with Gasteiger partial charge in [0, 0.05) is 18.8 Å². The van der Waals surface area contributed by atoms with Gasteiger partial charge in [-0.3, -0.25) is 9.59 Å². The molecular formula is C18H15N5O2. The molecule has 7 heteroatoms. The maximum Gasteiger partial charge on any atom is 0.276 e. The summed E-state index contributed by atoms with van der Waals surface area (Å²) in [6, 6.07) is 19.0. The van der Waals surface area contributed by atoms with E-state index in [1.165, 1.54) is 19.2 Å². The molecule has 0 bridgehead atoms. The summed E-state index contributed by atoms with van der Waals surface area (Å²) in [7, 11) is 1.49. The van der Waals surface area contributed by atoms with Crippen LogP contribution in [0.3, 0.4) is 0 Å². The van der Waals surface area contributed by atoms with Gasteiger partial charge < -0.3 is 5.32 Å². The minimum Gasteiger partial charge on any atom is -0.321 e. The number of azo groups is 1. The maximum absolute atomic E-state index is 12.1. The Bertz CT molecular complexity index is 963. The van der Waals surface area contributed by atoms with Gasteiger partial charge in [0.1, 0.15) is 5.69 Å². The first-order chi connectivity index (χ1) is 12.1. The first-order valence-corrected chi connectivity index (χ1v) is 7.54. The number of amides is 1. The van der Waals surface area contributed by atoms with Gasteiger partial charge in [0.2, 0.25) is 0 Å². The highest BCUT2D eigenvalue weighted by Gasteiger charge is 2.08. The third kappa shape index (κ3) is 4.23. The standard InChI is InChI=1S/C18H15N5O2/c1-23-17(24)12-11-16(22-23)18(25)19-13-7-9-15(10-8-13)21-20-14-5-3-2-4-6-14/h2-12H,1H3,(H,19,25). The number of carbonyl (C=O) groups is 1. The highest BCUT2D eigenvalue weighted by Crippen LogP contribution is 2.20. The zero-order valence-corrected chi connectivity index (χ0v) is 13.5. The van der Waals surface area contributed by atoms with Crippen LogP contribution in [0.15, 0.2) is 81.8 Å². The SMILES string of the molecule is Cn1nc(C(=O)Nc2ccc(N=Nc3ccccc3)cc2)ccc1=O. The molecule has 0 saturated heterocycles. The summed E-state index contributed by atoms with van der Waals surface area (Å²) in [5.41, 5.74) is 1.92. The molecule has 3 rings (SSSR count). The summed E-state index contributed by atoms with van der Waals surface area (Å²) >= 11 is 0. The number of benzene rings is 2. The van der Waals surface area contributed by atoms with Gasteiger partial charge in [-0.1, -0.05) is 18.2 Å². The number of rotatable bonds is 4. The van der Waals surface area contributed by atoms with Crippen molar-refractivity contribution in [2.24, 2.45) is 17.3 Å². The monoisotopic (exact) mass is 333 g/mol. The number of anilines is 1. The Balaban J connectivity index is 1.68. The van der Waals surface area contributed by atoms with E-state index in [0.29, 0.717) is 11.4 Å². The van der Waals surface area contributed by atoms with E-state index < -0.39 is 5.91 Å². The van der Waals surface area contributed by atoms with Gasteiger partial charge in [0.05, 0.1) is 11.4 Å². The van der Waals surface area contributed by atoms with Crippen LogP contribution in [0.4, 0.5) is 17.1 Å². The minimum absolute atomic E-state index is 0.162. The first-order valence-electron chi connectivity index (χ1n) is 7.54. The first kappa shape index (κ1) is 16.3. The van der Waals surface area contributed by atoms with E-state index in [9.17, 15) is 9.59 Å². The molecule has 0 atom stereocenters. The molecular weight excluding hydrogens is 318 g/mol. The summed E-state index contributed by atoms with van der Waals surface area (Å²) in [5.74, 6) is -0.394. The van der Waals surface area contributed by atoms with Crippen LogP contribution in [0.2, 0.25) is 0 Å². The quantitative estimate of drug-likeness (QED) is 0.742. The second-order valence-corrected chi connectivity index (χ2v) is 5.22. The Hall–Kier alpha value is -3.61. The summed E-state index contributed by atoms with van der Waals surface area (Å²) < 4.78 is 1.11. The van der Waals surface area contributed by atoms with Crippen molar-refractivity contribution in [1.29, 1.82) is 0 Å². The van der Waals surface area contributed by atoms with Gasteiger partial charge in [0.15, 0.2) is 0 Å². The van der Waals surface area contributed by atoms with Crippen LogP contribution in [0.1, 0.15) is 10.5 Å². The van der Waals surface area contributed by atoms with Crippen LogP contribution in [-0.4, -0.2) is 15.7 Å². The molecule has 0 aliphatic rings. The summed E-state index contributed by atoms with van der Waals surface area (Å²) in [6.45, 7) is 0. The zero-order chi connectivity index (χ0) is 17.6. The lowest BCUT2D eigenvalue weighted by Gasteiger charge is -2.05. The van der Waals surface area contributed by atoms with E-state index in [2.05, 4.69) is 20.6 Å². The Labute approximate surface area is 143 Å². The van der Waals surface area contributed by atoms with Crippen LogP contribution in [0.25, 0.3) is 0 Å². The molecule has 1 aromatic heterocycles. The molecule has 0 unspecified atom stereocenters. The molecule has 3 aromatic rings. The number of aryl methyl sites for hydroxylation is 1. The number of carbonyl (C=O) groups excluding carboxylic acids is 1. The molecule has 25 heavy (non-hydrogen) atoms. The van der Waals surface area contributed by atoms with E-state index >= 15 is 0 Å². The number of nitrogens with zero attached hydrogens (tertiary/aromatic N) is 4. The van der Waals surface area contributed by atoms with Crippen molar-refractivity contribution in [3.05, 3.63) is 82.8 Å². The molecule has 7 nitrogen and oxygen atoms in total. The highest BCUT2D eigenvalue weighted by atomic mass is 16.2. The van der Waals surface area contributed by atoms with Crippen molar-refractivity contribution >= 4 is 23.0 Å². The smallest absolute Gasteiger partial charge is 0.276 e. The maximum atomic E-state index is 12.1. The molecule has 0 radical (unpaired) electrons. The van der Waals surface area contributed by atoms with Gasteiger partial charge >= 0.3 is 0 Å². The average molecular weight is 333 g/mol. The van der Waals surface area contributed by atoms with Crippen molar-refractivity contribution in [3.63, 3.8) is 0 Å². The van der Waals surface area contributed by atoms with Gasteiger partial charge in [-0.25, -0.2) is 4.68 Å². The molecule has 0 fully saturated rings. The fourth-order valence-corrected chi connectivity index (χ4v) is 2.04. The molecule has 1 heterocycles. The van der Waals surface area contributed by atoms with E-state index in [-0.39, 0.29) is 11.3 Å². The predicted octanol–water partition coefficient (Wildman–Crippen LogP) is 3.45. The number of aromatic nitrogens is 2. The average Bonchev–Trinajstić information content (AvgIpc) is 2.64. The fourth-order valence-electron chi connectivity index (χ4n) is 2.04. The number of hydrogen-bond acceptors (Lipinski definition) is 5. The van der Waals surface area contributed by atoms with E-state index in [0.717, 1.165) is 10.4 Å².